The first-order valence-corrected chi connectivity index (χ1v) is 12.4. The van der Waals surface area contributed by atoms with Crippen molar-refractivity contribution < 1.29 is 24.1 Å². The lowest BCUT2D eigenvalue weighted by molar-refractivity contribution is -0.125. The highest BCUT2D eigenvalue weighted by atomic mass is 35.5. The number of methoxy groups -OCH3 is 2. The van der Waals surface area contributed by atoms with E-state index in [4.69, 9.17) is 25.7 Å². The van der Waals surface area contributed by atoms with Gasteiger partial charge in [-0.25, -0.2) is 0 Å². The number of rotatable bonds is 18. The summed E-state index contributed by atoms with van der Waals surface area (Å²) < 4.78 is 16.4. The molecule has 0 saturated carbocycles. The highest BCUT2D eigenvalue weighted by Crippen LogP contribution is 2.31. The summed E-state index contributed by atoms with van der Waals surface area (Å²) in [7, 11) is 3.31. The number of nitrogens with one attached hydrogen (secondary N) is 1. The average Bonchev–Trinajstić information content (AvgIpc) is 2.81. The van der Waals surface area contributed by atoms with Crippen molar-refractivity contribution in [2.24, 2.45) is 29.2 Å². The van der Waals surface area contributed by atoms with Gasteiger partial charge in [-0.05, 0) is 61.8 Å². The molecule has 0 aliphatic heterocycles. The molecule has 0 aliphatic rings. The van der Waals surface area contributed by atoms with Crippen molar-refractivity contribution in [2.45, 2.75) is 65.0 Å². The van der Waals surface area contributed by atoms with E-state index in [1.807, 2.05) is 25.1 Å². The molecule has 1 rings (SSSR count). The highest BCUT2D eigenvalue weighted by molar-refractivity contribution is 5.85. The fourth-order valence-electron chi connectivity index (χ4n) is 3.88. The minimum Gasteiger partial charge on any atom is -0.493 e. The van der Waals surface area contributed by atoms with E-state index in [-0.39, 0.29) is 30.2 Å². The summed E-state index contributed by atoms with van der Waals surface area (Å²) in [5.41, 5.74) is 13.0. The second kappa shape index (κ2) is 18.7. The fourth-order valence-corrected chi connectivity index (χ4v) is 3.88. The summed E-state index contributed by atoms with van der Waals surface area (Å²) in [5.74, 6) is 1.69. The SMILES string of the molecule is COCCCOc1cc(C[C@@H](C[C@H](N)[C@@H](O)C[C@@H](C)C(=O)NCCCN)C(C)C)ccc1OC.Cl. The Balaban J connectivity index is 0.0000116. The summed E-state index contributed by atoms with van der Waals surface area (Å²) >= 11 is 0. The number of aliphatic hydroxyl groups is 1. The Morgan fingerprint density at radius 1 is 1.09 bits per heavy atom. The lowest BCUT2D eigenvalue weighted by Gasteiger charge is -2.28. The van der Waals surface area contributed by atoms with Crippen LogP contribution in [0, 0.1) is 17.8 Å². The van der Waals surface area contributed by atoms with Gasteiger partial charge in [0.25, 0.3) is 0 Å². The van der Waals surface area contributed by atoms with Gasteiger partial charge in [0.1, 0.15) is 0 Å². The van der Waals surface area contributed by atoms with E-state index in [0.717, 1.165) is 30.6 Å². The van der Waals surface area contributed by atoms with Crippen LogP contribution >= 0.6 is 12.4 Å². The van der Waals surface area contributed by atoms with Gasteiger partial charge in [-0.2, -0.15) is 0 Å². The highest BCUT2D eigenvalue weighted by Gasteiger charge is 2.26. The van der Waals surface area contributed by atoms with E-state index in [9.17, 15) is 9.90 Å². The zero-order chi connectivity index (χ0) is 25.5. The van der Waals surface area contributed by atoms with Gasteiger partial charge in [0, 0.05) is 38.6 Å². The summed E-state index contributed by atoms with van der Waals surface area (Å²) in [6.07, 6.45) is 2.60. The van der Waals surface area contributed by atoms with Crippen molar-refractivity contribution in [3.8, 4) is 11.5 Å². The molecule has 8 nitrogen and oxygen atoms in total. The van der Waals surface area contributed by atoms with Gasteiger partial charge >= 0.3 is 0 Å². The Bertz CT molecular complexity index is 708. The summed E-state index contributed by atoms with van der Waals surface area (Å²) in [5, 5.41) is 13.5. The lowest BCUT2D eigenvalue weighted by atomic mass is 9.82. The predicted octanol–water partition coefficient (Wildman–Crippen LogP) is 2.92. The lowest BCUT2D eigenvalue weighted by Crippen LogP contribution is -2.41. The quantitative estimate of drug-likeness (QED) is 0.220. The molecule has 1 aromatic rings. The number of hydrogen-bond acceptors (Lipinski definition) is 7. The van der Waals surface area contributed by atoms with Gasteiger partial charge < -0.3 is 36.1 Å². The maximum Gasteiger partial charge on any atom is 0.222 e. The minimum atomic E-state index is -0.743. The first kappa shape index (κ1) is 33.4. The molecule has 0 saturated heterocycles. The maximum absolute atomic E-state index is 12.2. The molecule has 0 aromatic heterocycles. The zero-order valence-electron chi connectivity index (χ0n) is 22.1. The van der Waals surface area contributed by atoms with Crippen LogP contribution in [0.5, 0.6) is 11.5 Å². The van der Waals surface area contributed by atoms with Crippen LogP contribution in [0.1, 0.15) is 52.0 Å². The van der Waals surface area contributed by atoms with Crippen LogP contribution in [0.2, 0.25) is 0 Å². The van der Waals surface area contributed by atoms with Gasteiger partial charge in [-0.15, -0.1) is 12.4 Å². The molecular weight excluding hydrogens is 470 g/mol. The molecule has 0 aliphatic carbocycles. The Kier molecular flexibility index (Phi) is 17.8. The van der Waals surface area contributed by atoms with Crippen molar-refractivity contribution in [3.63, 3.8) is 0 Å². The molecule has 4 atom stereocenters. The number of carbonyl (C=O) groups excluding carboxylic acids is 1. The largest absolute Gasteiger partial charge is 0.493 e. The first-order valence-electron chi connectivity index (χ1n) is 12.4. The van der Waals surface area contributed by atoms with Crippen LogP contribution in [0.4, 0.5) is 0 Å². The molecule has 1 amide bonds. The Morgan fingerprint density at radius 2 is 1.80 bits per heavy atom. The monoisotopic (exact) mass is 517 g/mol. The fraction of sp³-hybridized carbons (Fsp3) is 0.731. The Morgan fingerprint density at radius 3 is 2.40 bits per heavy atom. The topological polar surface area (TPSA) is 129 Å². The van der Waals surface area contributed by atoms with Crippen LogP contribution < -0.4 is 26.3 Å². The van der Waals surface area contributed by atoms with E-state index in [0.29, 0.717) is 50.8 Å². The molecule has 204 valence electrons. The van der Waals surface area contributed by atoms with Crippen molar-refractivity contribution >= 4 is 18.3 Å². The number of hydrogen-bond donors (Lipinski definition) is 4. The van der Waals surface area contributed by atoms with Crippen molar-refractivity contribution in [1.82, 2.24) is 5.32 Å². The van der Waals surface area contributed by atoms with Crippen LogP contribution in [0.3, 0.4) is 0 Å². The Hall–Kier alpha value is -1.58. The predicted molar refractivity (Wildman–Crippen MR) is 143 cm³/mol. The standard InChI is InChI=1S/C26H47N3O5.ClH/c1-18(2)21(17-22(28)23(30)14-19(3)26(31)29-11-6-10-27)15-20-8-9-24(33-5)25(16-20)34-13-7-12-32-4;/h8-9,16,18-19,21-23,30H,6-7,10-15,17,27-28H2,1-5H3,(H,29,31);1H/t19-,21+,22+,23+;/m1./s1. The van der Waals surface area contributed by atoms with E-state index >= 15 is 0 Å². The van der Waals surface area contributed by atoms with Crippen molar-refractivity contribution in [2.75, 3.05) is 40.5 Å². The summed E-state index contributed by atoms with van der Waals surface area (Å²) in [6, 6.07) is 5.59. The average molecular weight is 518 g/mol. The minimum absolute atomic E-state index is 0. The van der Waals surface area contributed by atoms with Gasteiger partial charge in [0.15, 0.2) is 11.5 Å². The molecule has 6 N–H and O–H groups in total. The van der Waals surface area contributed by atoms with Crippen molar-refractivity contribution in [3.05, 3.63) is 23.8 Å². The number of nitrogens with two attached hydrogens (primary N) is 2. The van der Waals surface area contributed by atoms with E-state index in [2.05, 4.69) is 19.2 Å². The second-order valence-corrected chi connectivity index (χ2v) is 9.43. The van der Waals surface area contributed by atoms with Gasteiger partial charge in [-0.3, -0.25) is 4.79 Å². The number of ether oxygens (including phenoxy) is 3. The maximum atomic E-state index is 12.2. The van der Waals surface area contributed by atoms with Gasteiger partial charge in [0.05, 0.1) is 19.8 Å². The van der Waals surface area contributed by atoms with E-state index < -0.39 is 12.1 Å². The summed E-state index contributed by atoms with van der Waals surface area (Å²) in [4.78, 5) is 12.2. The molecule has 0 bridgehead atoms. The molecular formula is C26H48ClN3O5. The second-order valence-electron chi connectivity index (χ2n) is 9.43. The normalized spacial score (nSPS) is 14.5. The molecule has 1 aromatic carbocycles. The van der Waals surface area contributed by atoms with Crippen LogP contribution in [-0.2, 0) is 16.0 Å². The number of benzene rings is 1. The van der Waals surface area contributed by atoms with Gasteiger partial charge in [0.2, 0.25) is 5.91 Å². The van der Waals surface area contributed by atoms with Gasteiger partial charge in [-0.1, -0.05) is 26.8 Å². The number of amides is 1. The van der Waals surface area contributed by atoms with Crippen LogP contribution in [-0.4, -0.2) is 63.7 Å². The van der Waals surface area contributed by atoms with Crippen LogP contribution in [0.25, 0.3) is 0 Å². The molecule has 9 heteroatoms. The molecule has 0 heterocycles. The molecule has 0 radical (unpaired) electrons. The third-order valence-electron chi connectivity index (χ3n) is 6.21. The zero-order valence-corrected chi connectivity index (χ0v) is 22.9. The molecule has 0 unspecified atom stereocenters. The summed E-state index contributed by atoms with van der Waals surface area (Å²) in [6.45, 7) is 8.44. The number of aliphatic hydroxyl groups excluding tert-OH is 1. The van der Waals surface area contributed by atoms with Crippen molar-refractivity contribution in [1.29, 1.82) is 0 Å². The molecule has 0 fully saturated rings. The van der Waals surface area contributed by atoms with Crippen LogP contribution in [0.15, 0.2) is 18.2 Å². The third kappa shape index (κ3) is 12.8. The molecule has 35 heavy (non-hydrogen) atoms. The number of carbonyl (C=O) groups is 1. The first-order chi connectivity index (χ1) is 16.2. The Labute approximate surface area is 217 Å². The molecule has 0 spiro atoms. The van der Waals surface area contributed by atoms with E-state index in [1.54, 1.807) is 14.2 Å². The number of halogens is 1. The van der Waals surface area contributed by atoms with E-state index in [1.165, 1.54) is 0 Å². The smallest absolute Gasteiger partial charge is 0.222 e. The third-order valence-corrected chi connectivity index (χ3v) is 6.21.